The third-order valence-electron chi connectivity index (χ3n) is 3.21. The second kappa shape index (κ2) is 4.93. The van der Waals surface area contributed by atoms with Gasteiger partial charge in [0.1, 0.15) is 0 Å². The van der Waals surface area contributed by atoms with Crippen LogP contribution in [0.2, 0.25) is 0 Å². The van der Waals surface area contributed by atoms with Gasteiger partial charge in [-0.15, -0.1) is 0 Å². The quantitative estimate of drug-likeness (QED) is 0.822. The second-order valence-electron chi connectivity index (χ2n) is 4.65. The van der Waals surface area contributed by atoms with E-state index >= 15 is 0 Å². The Balaban J connectivity index is 2.13. The van der Waals surface area contributed by atoms with Crippen LogP contribution < -0.4 is 0 Å². The summed E-state index contributed by atoms with van der Waals surface area (Å²) in [4.78, 5) is 1.86. The second-order valence-corrected chi connectivity index (χ2v) is 6.88. The maximum atomic E-state index is 13.5. The summed E-state index contributed by atoms with van der Waals surface area (Å²) >= 11 is 0. The molecule has 100 valence electrons. The van der Waals surface area contributed by atoms with Gasteiger partial charge in [0.05, 0.1) is 11.5 Å². The van der Waals surface area contributed by atoms with Gasteiger partial charge in [-0.05, 0) is 13.0 Å². The van der Waals surface area contributed by atoms with Crippen molar-refractivity contribution in [3.8, 4) is 0 Å². The number of hydrogen-bond donors (Lipinski definition) is 0. The lowest BCUT2D eigenvalue weighted by Crippen LogP contribution is -2.46. The highest BCUT2D eigenvalue weighted by atomic mass is 32.2. The van der Waals surface area contributed by atoms with Crippen LogP contribution in [0.25, 0.3) is 0 Å². The van der Waals surface area contributed by atoms with E-state index in [2.05, 4.69) is 0 Å². The Bertz CT molecular complexity index is 545. The molecule has 0 N–H and O–H groups in total. The molecule has 0 spiro atoms. The number of hydrogen-bond acceptors (Lipinski definition) is 3. The van der Waals surface area contributed by atoms with E-state index in [4.69, 9.17) is 0 Å². The standard InChI is InChI=1S/C12H15F2NO2S/c1-9-8-18(16,17)6-5-15(9)7-10-3-2-4-11(13)12(10)14/h2-4,9H,5-8H2,1H3. The van der Waals surface area contributed by atoms with Crippen LogP contribution in [-0.4, -0.2) is 37.4 Å². The first-order chi connectivity index (χ1) is 8.39. The molecule has 1 aromatic carbocycles. The summed E-state index contributed by atoms with van der Waals surface area (Å²) < 4.78 is 49.4. The fourth-order valence-electron chi connectivity index (χ4n) is 2.16. The lowest BCUT2D eigenvalue weighted by molar-refractivity contribution is 0.214. The smallest absolute Gasteiger partial charge is 0.163 e. The van der Waals surface area contributed by atoms with Crippen molar-refractivity contribution >= 4 is 9.84 Å². The summed E-state index contributed by atoms with van der Waals surface area (Å²) in [5, 5.41) is 0. The lowest BCUT2D eigenvalue weighted by Gasteiger charge is -2.33. The van der Waals surface area contributed by atoms with E-state index in [9.17, 15) is 17.2 Å². The minimum atomic E-state index is -2.98. The van der Waals surface area contributed by atoms with E-state index in [-0.39, 0.29) is 29.7 Å². The molecule has 0 radical (unpaired) electrons. The van der Waals surface area contributed by atoms with Crippen molar-refractivity contribution in [2.45, 2.75) is 19.5 Å². The van der Waals surface area contributed by atoms with Crippen molar-refractivity contribution in [3.63, 3.8) is 0 Å². The summed E-state index contributed by atoms with van der Waals surface area (Å²) in [5.41, 5.74) is 0.265. The number of benzene rings is 1. The van der Waals surface area contributed by atoms with Gasteiger partial charge in [0, 0.05) is 24.7 Å². The highest BCUT2D eigenvalue weighted by Gasteiger charge is 2.28. The van der Waals surface area contributed by atoms with Crippen molar-refractivity contribution in [1.82, 2.24) is 4.90 Å². The zero-order valence-corrected chi connectivity index (χ0v) is 10.9. The minimum absolute atomic E-state index is 0.0733. The fraction of sp³-hybridized carbons (Fsp3) is 0.500. The van der Waals surface area contributed by atoms with Crippen LogP contribution in [0.4, 0.5) is 8.78 Å². The predicted molar refractivity (Wildman–Crippen MR) is 64.9 cm³/mol. The third-order valence-corrected chi connectivity index (χ3v) is 5.01. The van der Waals surface area contributed by atoms with E-state index in [1.807, 2.05) is 4.90 Å². The molecular formula is C12H15F2NO2S. The summed E-state index contributed by atoms with van der Waals surface area (Å²) in [7, 11) is -2.98. The van der Waals surface area contributed by atoms with Gasteiger partial charge in [0.2, 0.25) is 0 Å². The molecule has 1 saturated heterocycles. The Morgan fingerprint density at radius 3 is 2.78 bits per heavy atom. The van der Waals surface area contributed by atoms with E-state index in [1.165, 1.54) is 12.1 Å². The molecule has 1 aliphatic heterocycles. The molecule has 1 aliphatic rings. The van der Waals surface area contributed by atoms with Crippen LogP contribution in [0, 0.1) is 11.6 Å². The first-order valence-corrected chi connectivity index (χ1v) is 7.58. The van der Waals surface area contributed by atoms with Crippen molar-refractivity contribution in [2.24, 2.45) is 0 Å². The molecule has 18 heavy (non-hydrogen) atoms. The molecule has 0 amide bonds. The SMILES string of the molecule is CC1CS(=O)(=O)CCN1Cc1cccc(F)c1F. The van der Waals surface area contributed by atoms with Crippen LogP contribution >= 0.6 is 0 Å². The van der Waals surface area contributed by atoms with E-state index in [1.54, 1.807) is 6.92 Å². The summed E-state index contributed by atoms with van der Waals surface area (Å²) in [5.74, 6) is -1.57. The van der Waals surface area contributed by atoms with Gasteiger partial charge in [-0.3, -0.25) is 4.90 Å². The van der Waals surface area contributed by atoms with Crippen LogP contribution in [0.5, 0.6) is 0 Å². The van der Waals surface area contributed by atoms with Crippen molar-refractivity contribution < 1.29 is 17.2 Å². The van der Waals surface area contributed by atoms with Crippen molar-refractivity contribution in [1.29, 1.82) is 0 Å². The van der Waals surface area contributed by atoms with Gasteiger partial charge in [0.15, 0.2) is 21.5 Å². The first-order valence-electron chi connectivity index (χ1n) is 5.76. The monoisotopic (exact) mass is 275 g/mol. The lowest BCUT2D eigenvalue weighted by atomic mass is 10.1. The van der Waals surface area contributed by atoms with Crippen LogP contribution in [-0.2, 0) is 16.4 Å². The highest BCUT2D eigenvalue weighted by Crippen LogP contribution is 2.18. The van der Waals surface area contributed by atoms with Gasteiger partial charge in [-0.1, -0.05) is 12.1 Å². The molecule has 1 fully saturated rings. The largest absolute Gasteiger partial charge is 0.294 e. The van der Waals surface area contributed by atoms with Crippen molar-refractivity contribution in [2.75, 3.05) is 18.1 Å². The summed E-state index contributed by atoms with van der Waals surface area (Å²) in [6.07, 6.45) is 0. The Morgan fingerprint density at radius 1 is 1.39 bits per heavy atom. The van der Waals surface area contributed by atoms with E-state index in [0.29, 0.717) is 6.54 Å². The van der Waals surface area contributed by atoms with Gasteiger partial charge < -0.3 is 0 Å². The summed E-state index contributed by atoms with van der Waals surface area (Å²) in [6.45, 7) is 2.38. The van der Waals surface area contributed by atoms with Gasteiger partial charge in [-0.25, -0.2) is 17.2 Å². The first kappa shape index (κ1) is 13.4. The number of sulfone groups is 1. The van der Waals surface area contributed by atoms with Crippen LogP contribution in [0.3, 0.4) is 0 Å². The molecule has 1 aromatic rings. The molecule has 0 saturated carbocycles. The van der Waals surface area contributed by atoms with E-state index < -0.39 is 21.5 Å². The third kappa shape index (κ3) is 2.87. The molecule has 0 aromatic heterocycles. The van der Waals surface area contributed by atoms with E-state index in [0.717, 1.165) is 6.07 Å². The fourth-order valence-corrected chi connectivity index (χ4v) is 3.78. The number of rotatable bonds is 2. The molecular weight excluding hydrogens is 260 g/mol. The Kier molecular flexibility index (Phi) is 3.68. The molecule has 6 heteroatoms. The topological polar surface area (TPSA) is 37.4 Å². The molecule has 1 heterocycles. The average molecular weight is 275 g/mol. The number of halogens is 2. The van der Waals surface area contributed by atoms with Gasteiger partial charge in [-0.2, -0.15) is 0 Å². The molecule has 1 atom stereocenters. The molecule has 2 rings (SSSR count). The molecule has 3 nitrogen and oxygen atoms in total. The van der Waals surface area contributed by atoms with Gasteiger partial charge in [0.25, 0.3) is 0 Å². The normalized spacial score (nSPS) is 24.1. The van der Waals surface area contributed by atoms with Gasteiger partial charge >= 0.3 is 0 Å². The average Bonchev–Trinajstić information content (AvgIpc) is 2.27. The Morgan fingerprint density at radius 2 is 2.11 bits per heavy atom. The maximum absolute atomic E-state index is 13.5. The Labute approximate surface area is 105 Å². The molecule has 0 bridgehead atoms. The Hall–Kier alpha value is -1.01. The summed E-state index contributed by atoms with van der Waals surface area (Å²) in [6, 6.07) is 3.88. The maximum Gasteiger partial charge on any atom is 0.163 e. The zero-order valence-electron chi connectivity index (χ0n) is 10.1. The minimum Gasteiger partial charge on any atom is -0.294 e. The predicted octanol–water partition coefficient (Wildman–Crippen LogP) is 1.58. The molecule has 1 unspecified atom stereocenters. The highest BCUT2D eigenvalue weighted by molar-refractivity contribution is 7.91. The van der Waals surface area contributed by atoms with Crippen molar-refractivity contribution in [3.05, 3.63) is 35.4 Å². The van der Waals surface area contributed by atoms with Crippen LogP contribution in [0.15, 0.2) is 18.2 Å². The van der Waals surface area contributed by atoms with Crippen LogP contribution in [0.1, 0.15) is 12.5 Å². The molecule has 0 aliphatic carbocycles. The zero-order chi connectivity index (χ0) is 13.3. The number of nitrogens with zero attached hydrogens (tertiary/aromatic N) is 1.